The Hall–Kier alpha value is -1.20. The van der Waals surface area contributed by atoms with E-state index in [1.54, 1.807) is 18.2 Å². The third-order valence-corrected chi connectivity index (χ3v) is 2.84. The van der Waals surface area contributed by atoms with Crippen LogP contribution in [-0.2, 0) is 6.54 Å². The first kappa shape index (κ1) is 11.3. The molecule has 7 heteroatoms. The zero-order valence-electron chi connectivity index (χ0n) is 8.07. The van der Waals surface area contributed by atoms with Crippen molar-refractivity contribution in [2.75, 3.05) is 6.67 Å². The Morgan fingerprint density at radius 3 is 2.88 bits per heavy atom. The first-order valence-corrected chi connectivity index (χ1v) is 5.26. The summed E-state index contributed by atoms with van der Waals surface area (Å²) in [5.41, 5.74) is 0.590. The van der Waals surface area contributed by atoms with Crippen molar-refractivity contribution in [2.24, 2.45) is 0 Å². The lowest BCUT2D eigenvalue weighted by Gasteiger charge is -2.05. The maximum absolute atomic E-state index is 12.3. The number of hydrogen-bond acceptors (Lipinski definition) is 3. The van der Waals surface area contributed by atoms with Gasteiger partial charge in [-0.25, -0.2) is 9.07 Å². The summed E-state index contributed by atoms with van der Waals surface area (Å²) < 4.78 is 13.6. The van der Waals surface area contributed by atoms with Crippen molar-refractivity contribution in [3.63, 3.8) is 0 Å². The van der Waals surface area contributed by atoms with Gasteiger partial charge in [-0.3, -0.25) is 0 Å². The van der Waals surface area contributed by atoms with Gasteiger partial charge in [0.15, 0.2) is 5.82 Å². The molecule has 0 saturated heterocycles. The molecule has 4 nitrogen and oxygen atoms in total. The van der Waals surface area contributed by atoms with Gasteiger partial charge >= 0.3 is 0 Å². The smallest absolute Gasteiger partial charge is 0.183 e. The molecule has 0 aliphatic heterocycles. The summed E-state index contributed by atoms with van der Waals surface area (Å²) in [5, 5.41) is 11.7. The SMILES string of the molecule is FCCn1nnnc1-c1cccc(Cl)c1Cl. The van der Waals surface area contributed by atoms with Gasteiger partial charge in [0.25, 0.3) is 0 Å². The van der Waals surface area contributed by atoms with Gasteiger partial charge in [-0.2, -0.15) is 0 Å². The molecule has 1 heterocycles. The molecular formula is C9H7Cl2FN4. The number of nitrogens with zero attached hydrogens (tertiary/aromatic N) is 4. The molecule has 0 spiro atoms. The minimum absolute atomic E-state index is 0.0885. The van der Waals surface area contributed by atoms with Crippen LogP contribution in [0.2, 0.25) is 10.0 Å². The zero-order valence-corrected chi connectivity index (χ0v) is 9.58. The van der Waals surface area contributed by atoms with Gasteiger partial charge < -0.3 is 0 Å². The second-order valence-electron chi connectivity index (χ2n) is 3.02. The van der Waals surface area contributed by atoms with Crippen LogP contribution in [0.25, 0.3) is 11.4 Å². The fraction of sp³-hybridized carbons (Fsp3) is 0.222. The molecule has 0 amide bonds. The van der Waals surface area contributed by atoms with Crippen molar-refractivity contribution < 1.29 is 4.39 Å². The molecule has 0 aliphatic rings. The Labute approximate surface area is 101 Å². The van der Waals surface area contributed by atoms with E-state index in [1.165, 1.54) is 4.68 Å². The van der Waals surface area contributed by atoms with E-state index in [9.17, 15) is 4.39 Å². The number of alkyl halides is 1. The highest BCUT2D eigenvalue weighted by Crippen LogP contribution is 2.31. The van der Waals surface area contributed by atoms with Crippen LogP contribution in [0, 0.1) is 0 Å². The summed E-state index contributed by atoms with van der Waals surface area (Å²) in [7, 11) is 0. The van der Waals surface area contributed by atoms with E-state index in [2.05, 4.69) is 15.5 Å². The van der Waals surface area contributed by atoms with Crippen LogP contribution < -0.4 is 0 Å². The molecule has 2 rings (SSSR count). The highest BCUT2D eigenvalue weighted by Gasteiger charge is 2.13. The van der Waals surface area contributed by atoms with E-state index >= 15 is 0 Å². The highest BCUT2D eigenvalue weighted by atomic mass is 35.5. The topological polar surface area (TPSA) is 43.6 Å². The summed E-state index contributed by atoms with van der Waals surface area (Å²) >= 11 is 11.9. The lowest BCUT2D eigenvalue weighted by Crippen LogP contribution is -2.04. The van der Waals surface area contributed by atoms with Crippen molar-refractivity contribution in [2.45, 2.75) is 6.54 Å². The van der Waals surface area contributed by atoms with E-state index in [0.29, 0.717) is 21.4 Å². The van der Waals surface area contributed by atoms with Gasteiger partial charge in [-0.1, -0.05) is 29.3 Å². The largest absolute Gasteiger partial charge is 0.249 e. The van der Waals surface area contributed by atoms with Gasteiger partial charge in [0, 0.05) is 5.56 Å². The maximum Gasteiger partial charge on any atom is 0.183 e. The van der Waals surface area contributed by atoms with E-state index in [1.807, 2.05) is 0 Å². The van der Waals surface area contributed by atoms with Gasteiger partial charge in [0.05, 0.1) is 16.6 Å². The zero-order chi connectivity index (χ0) is 11.5. The summed E-state index contributed by atoms with van der Waals surface area (Å²) in [6, 6.07) is 5.13. The molecule has 0 bridgehead atoms. The second-order valence-corrected chi connectivity index (χ2v) is 3.80. The first-order chi connectivity index (χ1) is 7.74. The Bertz CT molecular complexity index is 500. The molecule has 0 N–H and O–H groups in total. The van der Waals surface area contributed by atoms with Gasteiger partial charge in [0.2, 0.25) is 0 Å². The molecule has 84 valence electrons. The molecule has 2 aromatic rings. The highest BCUT2D eigenvalue weighted by molar-refractivity contribution is 6.43. The van der Waals surface area contributed by atoms with E-state index in [0.717, 1.165) is 0 Å². The Balaban J connectivity index is 2.50. The fourth-order valence-corrected chi connectivity index (χ4v) is 1.69. The molecule has 0 unspecified atom stereocenters. The predicted molar refractivity (Wildman–Crippen MR) is 59.2 cm³/mol. The standard InChI is InChI=1S/C9H7Cl2FN4/c10-7-3-1-2-6(8(7)11)9-13-14-15-16(9)5-4-12/h1-3H,4-5H2. The van der Waals surface area contributed by atoms with Gasteiger partial charge in [0.1, 0.15) is 6.67 Å². The van der Waals surface area contributed by atoms with Crippen LogP contribution in [-0.4, -0.2) is 26.9 Å². The lowest BCUT2D eigenvalue weighted by atomic mass is 10.2. The number of hydrogen-bond donors (Lipinski definition) is 0. The van der Waals surface area contributed by atoms with Gasteiger partial charge in [-0.15, -0.1) is 5.10 Å². The Kier molecular flexibility index (Phi) is 3.36. The maximum atomic E-state index is 12.3. The first-order valence-electron chi connectivity index (χ1n) is 4.50. The average Bonchev–Trinajstić information content (AvgIpc) is 2.71. The van der Waals surface area contributed by atoms with Crippen LogP contribution in [0.4, 0.5) is 4.39 Å². The van der Waals surface area contributed by atoms with Crippen LogP contribution in [0.5, 0.6) is 0 Å². The number of halogens is 3. The van der Waals surface area contributed by atoms with Crippen molar-refractivity contribution in [1.82, 2.24) is 20.2 Å². The average molecular weight is 261 g/mol. The van der Waals surface area contributed by atoms with Crippen LogP contribution in [0.15, 0.2) is 18.2 Å². The number of aromatic nitrogens is 4. The number of rotatable bonds is 3. The van der Waals surface area contributed by atoms with Crippen molar-refractivity contribution in [1.29, 1.82) is 0 Å². The minimum atomic E-state index is -0.545. The molecule has 0 aliphatic carbocycles. The molecule has 0 fully saturated rings. The number of aryl methyl sites for hydroxylation is 1. The minimum Gasteiger partial charge on any atom is -0.249 e. The third-order valence-electron chi connectivity index (χ3n) is 2.02. The predicted octanol–water partition coefficient (Wildman–Crippen LogP) is 2.62. The number of tetrazole rings is 1. The monoisotopic (exact) mass is 260 g/mol. The van der Waals surface area contributed by atoms with E-state index in [4.69, 9.17) is 23.2 Å². The van der Waals surface area contributed by atoms with E-state index in [-0.39, 0.29) is 6.54 Å². The van der Waals surface area contributed by atoms with Crippen molar-refractivity contribution in [3.8, 4) is 11.4 Å². The fourth-order valence-electron chi connectivity index (χ4n) is 1.30. The Morgan fingerprint density at radius 2 is 2.12 bits per heavy atom. The second kappa shape index (κ2) is 4.76. The molecule has 0 radical (unpaired) electrons. The summed E-state index contributed by atoms with van der Waals surface area (Å²) in [4.78, 5) is 0. The van der Waals surface area contributed by atoms with Crippen LogP contribution in [0.1, 0.15) is 0 Å². The summed E-state index contributed by atoms with van der Waals surface area (Å²) in [6.45, 7) is -0.457. The third kappa shape index (κ3) is 2.01. The summed E-state index contributed by atoms with van der Waals surface area (Å²) in [5.74, 6) is 0.408. The molecular weight excluding hydrogens is 254 g/mol. The molecule has 1 aromatic carbocycles. The lowest BCUT2D eigenvalue weighted by molar-refractivity contribution is 0.424. The molecule has 0 saturated carbocycles. The summed E-state index contributed by atoms with van der Waals surface area (Å²) in [6.07, 6.45) is 0. The van der Waals surface area contributed by atoms with E-state index < -0.39 is 6.67 Å². The molecule has 1 aromatic heterocycles. The molecule has 16 heavy (non-hydrogen) atoms. The number of benzene rings is 1. The van der Waals surface area contributed by atoms with Crippen molar-refractivity contribution in [3.05, 3.63) is 28.2 Å². The van der Waals surface area contributed by atoms with Crippen LogP contribution >= 0.6 is 23.2 Å². The van der Waals surface area contributed by atoms with Crippen LogP contribution in [0.3, 0.4) is 0 Å². The quantitative estimate of drug-likeness (QED) is 0.852. The Morgan fingerprint density at radius 1 is 1.31 bits per heavy atom. The normalized spacial score (nSPS) is 10.7. The van der Waals surface area contributed by atoms with Crippen molar-refractivity contribution >= 4 is 23.2 Å². The molecule has 0 atom stereocenters. The van der Waals surface area contributed by atoms with Gasteiger partial charge in [-0.05, 0) is 22.6 Å².